The van der Waals surface area contributed by atoms with Crippen molar-refractivity contribution >= 4 is 74.0 Å². The van der Waals surface area contributed by atoms with Gasteiger partial charge in [0.05, 0.1) is 0 Å². The summed E-state index contributed by atoms with van der Waals surface area (Å²) in [6, 6.07) is 74.4. The second-order valence-electron chi connectivity index (χ2n) is 16.7. The summed E-state index contributed by atoms with van der Waals surface area (Å²) in [4.78, 5) is 0. The van der Waals surface area contributed by atoms with E-state index in [-0.39, 0.29) is 44.8 Å². The van der Waals surface area contributed by atoms with Crippen LogP contribution in [0.15, 0.2) is 206 Å². The normalized spacial score (nSPS) is 12.8. The van der Waals surface area contributed by atoms with Crippen LogP contribution in [0.4, 0.5) is 0 Å². The van der Waals surface area contributed by atoms with E-state index in [0.717, 1.165) is 11.1 Å². The van der Waals surface area contributed by atoms with Gasteiger partial charge in [0, 0.05) is 0 Å². The molecule has 2 heterocycles. The van der Waals surface area contributed by atoms with E-state index in [1.165, 1.54) is 70.1 Å². The number of hydrogen-bond acceptors (Lipinski definition) is 0. The standard InChI is InChI=1S/C25H22P2.2C16H13Si.Ag.Au/c1-5-13-22(14-6-1)26(23-15-7-2-8-16-23)21-27(24-17-9-3-10-18-24)25-19-11-4-12-20-25;1-4-12-9-10-16-14(11-12)13-7-5-6-8-15(13)17(16,2)3;1-4-12-9-10-14-13-7-5-6-8-15(13)17(2,3)16(14)11-12;;/h1-20H,21H2;2*5-11H,2-3H3;;/q;2*-1;2*+1/p+2. The van der Waals surface area contributed by atoms with E-state index < -0.39 is 32.0 Å². The predicted molar refractivity (Wildman–Crippen MR) is 276 cm³/mol. The first-order chi connectivity index (χ1) is 29.7. The third-order valence-electron chi connectivity index (χ3n) is 12.3. The summed E-state index contributed by atoms with van der Waals surface area (Å²) in [7, 11) is -4.75. The van der Waals surface area contributed by atoms with Crippen LogP contribution in [-0.4, -0.2) is 22.1 Å². The van der Waals surface area contributed by atoms with E-state index >= 15 is 0 Å². The maximum Gasteiger partial charge on any atom is 1.00 e. The number of rotatable bonds is 6. The molecule has 0 atom stereocenters. The maximum atomic E-state index is 7.26. The summed E-state index contributed by atoms with van der Waals surface area (Å²) >= 11 is 0. The molecule has 0 amide bonds. The molecular formula is C57H50AgAuP2Si2+2. The molecule has 0 nitrogen and oxygen atoms in total. The van der Waals surface area contributed by atoms with Crippen LogP contribution in [-0.2, 0) is 44.8 Å². The average molecular weight is 1160 g/mol. The molecule has 63 heavy (non-hydrogen) atoms. The van der Waals surface area contributed by atoms with Gasteiger partial charge in [-0.2, -0.15) is 0 Å². The fraction of sp³-hybridized carbons (Fsp3) is 0.0877. The first-order valence-electron chi connectivity index (χ1n) is 21.0. The molecule has 10 rings (SSSR count). The van der Waals surface area contributed by atoms with Crippen molar-refractivity contribution in [1.29, 1.82) is 0 Å². The zero-order valence-corrected chi connectivity index (χ0v) is 43.6. The molecule has 0 spiro atoms. The van der Waals surface area contributed by atoms with Gasteiger partial charge in [-0.25, -0.2) is 0 Å². The first kappa shape index (κ1) is 48.1. The molecule has 0 saturated carbocycles. The molecule has 0 radical (unpaired) electrons. The third kappa shape index (κ3) is 10.3. The maximum absolute atomic E-state index is 7.26. The third-order valence-corrected chi connectivity index (χ3v) is 26.4. The minimum absolute atomic E-state index is 0. The molecule has 0 N–H and O–H groups in total. The van der Waals surface area contributed by atoms with Gasteiger partial charge in [-0.15, -0.1) is 35.4 Å². The average Bonchev–Trinajstić information content (AvgIpc) is 3.69. The zero-order valence-electron chi connectivity index (χ0n) is 35.9. The molecule has 0 bridgehead atoms. The monoisotopic (exact) mass is 1160 g/mol. The van der Waals surface area contributed by atoms with Gasteiger partial charge >= 0.3 is 44.8 Å². The SMILES string of the molecule is [Ag+].[Au+].[C-]#Cc1ccc2c(c1)-c1ccccc1[Si]2(C)C.[C-]#Cc1ccc2c(c1)[Si](C)(C)c1ccccc1-2.c1ccc([PH+](C[PH+](c2ccccc2)c2ccccc2)c2ccccc2)cc1. The fourth-order valence-electron chi connectivity index (χ4n) is 9.06. The van der Waals surface area contributed by atoms with Crippen LogP contribution in [0, 0.1) is 24.7 Å². The largest absolute Gasteiger partial charge is 1.00 e. The van der Waals surface area contributed by atoms with Crippen LogP contribution in [0.25, 0.3) is 22.3 Å². The molecule has 0 aliphatic carbocycles. The van der Waals surface area contributed by atoms with Gasteiger partial charge in [-0.3, -0.25) is 11.8 Å². The van der Waals surface area contributed by atoms with Crippen molar-refractivity contribution in [3.8, 4) is 34.1 Å². The number of benzene rings is 8. The molecule has 2 aliphatic rings. The van der Waals surface area contributed by atoms with Gasteiger partial charge in [0.15, 0.2) is 5.90 Å². The van der Waals surface area contributed by atoms with Crippen molar-refractivity contribution in [2.75, 3.05) is 5.90 Å². The van der Waals surface area contributed by atoms with Crippen molar-refractivity contribution in [1.82, 2.24) is 0 Å². The van der Waals surface area contributed by atoms with Crippen molar-refractivity contribution in [2.45, 2.75) is 26.2 Å². The molecular weight excluding hydrogens is 1110 g/mol. The Labute approximate surface area is 411 Å². The zero-order chi connectivity index (χ0) is 42.4. The Morgan fingerprint density at radius 3 is 1.11 bits per heavy atom. The molecule has 6 heteroatoms. The topological polar surface area (TPSA) is 0 Å². The van der Waals surface area contributed by atoms with Crippen molar-refractivity contribution < 1.29 is 44.8 Å². The van der Waals surface area contributed by atoms with Crippen molar-refractivity contribution in [3.05, 3.63) is 230 Å². The summed E-state index contributed by atoms with van der Waals surface area (Å²) < 4.78 is 0. The van der Waals surface area contributed by atoms with Gasteiger partial charge in [-0.05, 0) is 86.3 Å². The van der Waals surface area contributed by atoms with Crippen LogP contribution >= 0.6 is 15.8 Å². The van der Waals surface area contributed by atoms with Crippen LogP contribution in [0.1, 0.15) is 11.1 Å². The van der Waals surface area contributed by atoms with E-state index in [1.54, 1.807) is 0 Å². The first-order valence-corrected chi connectivity index (χ1v) is 30.4. The smallest absolute Gasteiger partial charge is 0.366 e. The quantitative estimate of drug-likeness (QED) is 0.0675. The van der Waals surface area contributed by atoms with Gasteiger partial charge in [0.1, 0.15) is 53.2 Å². The van der Waals surface area contributed by atoms with Crippen molar-refractivity contribution in [3.63, 3.8) is 0 Å². The van der Waals surface area contributed by atoms with Gasteiger partial charge in [0.2, 0.25) is 0 Å². The summed E-state index contributed by atoms with van der Waals surface area (Å²) in [5.41, 5.74) is 7.17. The fourth-order valence-corrected chi connectivity index (χ4v) is 23.0. The molecule has 316 valence electrons. The number of hydrogen-bond donors (Lipinski definition) is 0. The Kier molecular flexibility index (Phi) is 16.5. The van der Waals surface area contributed by atoms with E-state index in [4.69, 9.17) is 12.8 Å². The van der Waals surface area contributed by atoms with Crippen LogP contribution in [0.3, 0.4) is 0 Å². The minimum Gasteiger partial charge on any atom is -0.366 e. The Balaban J connectivity index is 0.000000161. The summed E-state index contributed by atoms with van der Waals surface area (Å²) in [5, 5.41) is 12.0. The second kappa shape index (κ2) is 21.6. The minimum atomic E-state index is -1.55. The molecule has 0 unspecified atom stereocenters. The van der Waals surface area contributed by atoms with Crippen LogP contribution in [0.2, 0.25) is 26.2 Å². The van der Waals surface area contributed by atoms with Gasteiger partial charge < -0.3 is 12.8 Å². The van der Waals surface area contributed by atoms with Crippen LogP contribution < -0.4 is 42.0 Å². The van der Waals surface area contributed by atoms with Crippen LogP contribution in [0.5, 0.6) is 0 Å². The second-order valence-corrected chi connectivity index (χ2v) is 31.0. The molecule has 8 aromatic rings. The molecule has 2 aliphatic heterocycles. The Hall–Kier alpha value is -4.35. The summed E-state index contributed by atoms with van der Waals surface area (Å²) in [6.07, 6.45) is 14.5. The molecule has 0 fully saturated rings. The van der Waals surface area contributed by atoms with E-state index in [2.05, 4.69) is 232 Å². The summed E-state index contributed by atoms with van der Waals surface area (Å²) in [5.74, 6) is 6.22. The summed E-state index contributed by atoms with van der Waals surface area (Å²) in [6.45, 7) is 9.55. The molecule has 0 aromatic heterocycles. The number of fused-ring (bicyclic) bond motifs is 6. The van der Waals surface area contributed by atoms with E-state index in [1.807, 2.05) is 12.1 Å². The Morgan fingerprint density at radius 2 is 0.683 bits per heavy atom. The predicted octanol–water partition coefficient (Wildman–Crippen LogP) is 9.52. The molecule has 0 saturated heterocycles. The van der Waals surface area contributed by atoms with Gasteiger partial charge in [0.25, 0.3) is 0 Å². The van der Waals surface area contributed by atoms with Crippen molar-refractivity contribution in [2.24, 2.45) is 0 Å². The Morgan fingerprint density at radius 1 is 0.365 bits per heavy atom. The Bertz CT molecular complexity index is 2710. The van der Waals surface area contributed by atoms with Gasteiger partial charge in [-0.1, -0.05) is 165 Å². The molecule has 8 aromatic carbocycles. The van der Waals surface area contributed by atoms with E-state index in [0.29, 0.717) is 0 Å². The van der Waals surface area contributed by atoms with E-state index in [9.17, 15) is 0 Å².